The summed E-state index contributed by atoms with van der Waals surface area (Å²) in [6.45, 7) is 0. The van der Waals surface area contributed by atoms with Gasteiger partial charge < -0.3 is 0 Å². The van der Waals surface area contributed by atoms with Crippen molar-refractivity contribution in [2.75, 3.05) is 0 Å². The summed E-state index contributed by atoms with van der Waals surface area (Å²) in [5.41, 5.74) is 1.24. The Kier molecular flexibility index (Phi) is 3.41. The van der Waals surface area contributed by atoms with Crippen molar-refractivity contribution in [3.05, 3.63) is 63.2 Å². The molecule has 0 N–H and O–H groups in total. The molecule has 0 radical (unpaired) electrons. The first kappa shape index (κ1) is 12.8. The van der Waals surface area contributed by atoms with Crippen molar-refractivity contribution in [3.8, 4) is 0 Å². The van der Waals surface area contributed by atoms with Crippen LogP contribution in [-0.2, 0) is 6.42 Å². The van der Waals surface area contributed by atoms with E-state index in [0.717, 1.165) is 9.66 Å². The number of hydrogen-bond acceptors (Lipinski definition) is 2. The fraction of sp³-hybridized carbons (Fsp3) is 0.143. The van der Waals surface area contributed by atoms with E-state index >= 15 is 0 Å². The van der Waals surface area contributed by atoms with Crippen molar-refractivity contribution in [1.29, 1.82) is 0 Å². The molecule has 2 nitrogen and oxygen atoms in total. The van der Waals surface area contributed by atoms with E-state index in [9.17, 15) is 9.30 Å². The topological polar surface area (TPSA) is 20.1 Å². The van der Waals surface area contributed by atoms with Crippen LogP contribution in [0.2, 0.25) is 0 Å². The van der Waals surface area contributed by atoms with Gasteiger partial charge in [-0.05, 0) is 35.5 Å². The molecule has 2 aromatic rings. The molecule has 3 rings (SSSR count). The SMILES string of the molecule is O=[N+]1c2ccccc2SC1Cc1ccc(Br)cc1F. The molecule has 0 saturated carbocycles. The Morgan fingerprint density at radius 3 is 2.79 bits per heavy atom. The largest absolute Gasteiger partial charge is 0.271 e. The maximum Gasteiger partial charge on any atom is 0.271 e. The molecule has 1 atom stereocenters. The molecule has 0 fully saturated rings. The van der Waals surface area contributed by atoms with Gasteiger partial charge in [0.1, 0.15) is 5.82 Å². The highest BCUT2D eigenvalue weighted by molar-refractivity contribution is 9.10. The van der Waals surface area contributed by atoms with Crippen molar-refractivity contribution in [2.24, 2.45) is 0 Å². The summed E-state index contributed by atoms with van der Waals surface area (Å²) >= 11 is 4.71. The zero-order valence-corrected chi connectivity index (χ0v) is 12.2. The summed E-state index contributed by atoms with van der Waals surface area (Å²) in [7, 11) is 0. The lowest BCUT2D eigenvalue weighted by Crippen LogP contribution is -2.15. The van der Waals surface area contributed by atoms with Crippen molar-refractivity contribution < 1.29 is 9.15 Å². The summed E-state index contributed by atoms with van der Waals surface area (Å²) < 4.78 is 15.5. The number of thioether (sulfide) groups is 1. The fourth-order valence-corrected chi connectivity index (χ4v) is 3.62. The Morgan fingerprint density at radius 1 is 1.26 bits per heavy atom. The van der Waals surface area contributed by atoms with E-state index in [-0.39, 0.29) is 11.2 Å². The number of para-hydroxylation sites is 1. The zero-order chi connectivity index (χ0) is 13.4. The van der Waals surface area contributed by atoms with E-state index in [4.69, 9.17) is 0 Å². The minimum atomic E-state index is -0.298. The van der Waals surface area contributed by atoms with E-state index in [1.165, 1.54) is 17.8 Å². The highest BCUT2D eigenvalue weighted by atomic mass is 79.9. The number of benzene rings is 2. The Labute approximate surface area is 122 Å². The first-order valence-electron chi connectivity index (χ1n) is 5.81. The third-order valence-corrected chi connectivity index (χ3v) is 4.76. The van der Waals surface area contributed by atoms with Crippen LogP contribution in [-0.4, -0.2) is 10.1 Å². The molecule has 0 saturated heterocycles. The van der Waals surface area contributed by atoms with Crippen LogP contribution in [0.25, 0.3) is 0 Å². The predicted molar refractivity (Wildman–Crippen MR) is 77.2 cm³/mol. The van der Waals surface area contributed by atoms with Gasteiger partial charge in [-0.1, -0.05) is 34.1 Å². The van der Waals surface area contributed by atoms with E-state index in [1.807, 2.05) is 18.2 Å². The second kappa shape index (κ2) is 5.06. The average Bonchev–Trinajstić information content (AvgIpc) is 2.70. The van der Waals surface area contributed by atoms with E-state index in [0.29, 0.717) is 22.1 Å². The summed E-state index contributed by atoms with van der Waals surface area (Å²) in [5, 5.41) is -0.298. The van der Waals surface area contributed by atoms with Crippen molar-refractivity contribution >= 4 is 33.4 Å². The average molecular weight is 339 g/mol. The number of fused-ring (bicyclic) bond motifs is 1. The first-order chi connectivity index (χ1) is 9.15. The lowest BCUT2D eigenvalue weighted by atomic mass is 10.1. The van der Waals surface area contributed by atoms with Gasteiger partial charge in [0.05, 0.1) is 16.1 Å². The van der Waals surface area contributed by atoms with Crippen LogP contribution in [0.1, 0.15) is 5.56 Å². The van der Waals surface area contributed by atoms with Crippen LogP contribution in [0.5, 0.6) is 0 Å². The van der Waals surface area contributed by atoms with Crippen LogP contribution >= 0.6 is 27.7 Å². The van der Waals surface area contributed by atoms with Crippen LogP contribution in [0, 0.1) is 10.7 Å². The third kappa shape index (κ3) is 2.44. The maximum absolute atomic E-state index is 13.8. The van der Waals surface area contributed by atoms with Gasteiger partial charge in [-0.15, -0.1) is 0 Å². The lowest BCUT2D eigenvalue weighted by molar-refractivity contribution is -0.475. The second-order valence-electron chi connectivity index (χ2n) is 4.31. The Hall–Kier alpha value is -1.20. The van der Waals surface area contributed by atoms with Gasteiger partial charge in [-0.3, -0.25) is 0 Å². The summed E-state index contributed by atoms with van der Waals surface area (Å²) in [4.78, 5) is 13.1. The lowest BCUT2D eigenvalue weighted by Gasteiger charge is -2.03. The van der Waals surface area contributed by atoms with Crippen LogP contribution < -0.4 is 0 Å². The number of nitroso groups, excluding NO2 is 1. The maximum atomic E-state index is 13.8. The number of nitrogens with zero attached hydrogens (tertiary/aromatic N) is 1. The summed E-state index contributed by atoms with van der Waals surface area (Å²) in [6.07, 6.45) is 0.391. The molecule has 0 spiro atoms. The molecule has 2 aromatic carbocycles. The minimum Gasteiger partial charge on any atom is -0.207 e. The van der Waals surface area contributed by atoms with Crippen molar-refractivity contribution in [3.63, 3.8) is 0 Å². The Bertz CT molecular complexity index is 662. The van der Waals surface area contributed by atoms with Gasteiger partial charge in [0.25, 0.3) is 11.1 Å². The monoisotopic (exact) mass is 338 g/mol. The quantitative estimate of drug-likeness (QED) is 0.741. The molecule has 0 aliphatic carbocycles. The van der Waals surface area contributed by atoms with Gasteiger partial charge in [-0.2, -0.15) is 0 Å². The van der Waals surface area contributed by atoms with Gasteiger partial charge >= 0.3 is 0 Å². The number of halogens is 2. The van der Waals surface area contributed by atoms with Crippen LogP contribution in [0.4, 0.5) is 10.1 Å². The fourth-order valence-electron chi connectivity index (χ4n) is 2.09. The molecule has 1 unspecified atom stereocenters. The molecule has 1 heterocycles. The number of rotatable bonds is 2. The van der Waals surface area contributed by atoms with Crippen LogP contribution in [0.15, 0.2) is 51.8 Å². The second-order valence-corrected chi connectivity index (χ2v) is 6.44. The number of hydrogen-bond donors (Lipinski definition) is 0. The normalized spacial score (nSPS) is 17.6. The predicted octanol–water partition coefficient (Wildman–Crippen LogP) is 4.67. The highest BCUT2D eigenvalue weighted by Crippen LogP contribution is 2.42. The molecule has 1 aliphatic rings. The smallest absolute Gasteiger partial charge is 0.207 e. The zero-order valence-electron chi connectivity index (χ0n) is 9.85. The van der Waals surface area contributed by atoms with Gasteiger partial charge in [0.15, 0.2) is 0 Å². The first-order valence-corrected chi connectivity index (χ1v) is 7.48. The Morgan fingerprint density at radius 2 is 2.05 bits per heavy atom. The van der Waals surface area contributed by atoms with Gasteiger partial charge in [-0.25, -0.2) is 4.39 Å². The minimum absolute atomic E-state index is 0.278. The van der Waals surface area contributed by atoms with E-state index < -0.39 is 0 Å². The highest BCUT2D eigenvalue weighted by Gasteiger charge is 2.39. The van der Waals surface area contributed by atoms with Gasteiger partial charge in [0.2, 0.25) is 0 Å². The van der Waals surface area contributed by atoms with Gasteiger partial charge in [0, 0.05) is 15.4 Å². The molecule has 0 bridgehead atoms. The van der Waals surface area contributed by atoms with Crippen LogP contribution in [0.3, 0.4) is 0 Å². The third-order valence-electron chi connectivity index (χ3n) is 3.04. The van der Waals surface area contributed by atoms with Crippen molar-refractivity contribution in [1.82, 2.24) is 0 Å². The Balaban J connectivity index is 1.85. The molecule has 0 amide bonds. The summed E-state index contributed by atoms with van der Waals surface area (Å²) in [6, 6.07) is 12.4. The molecular weight excluding hydrogens is 329 g/mol. The summed E-state index contributed by atoms with van der Waals surface area (Å²) in [5.74, 6) is -0.278. The molecule has 1 aliphatic heterocycles. The molecule has 19 heavy (non-hydrogen) atoms. The molecule has 96 valence electrons. The van der Waals surface area contributed by atoms with Crippen molar-refractivity contribution in [2.45, 2.75) is 16.7 Å². The van der Waals surface area contributed by atoms with E-state index in [1.54, 1.807) is 18.2 Å². The van der Waals surface area contributed by atoms with E-state index in [2.05, 4.69) is 15.9 Å². The molecule has 5 heteroatoms. The molecular formula is C14H10BrFNOS+. The molecule has 0 aromatic heterocycles. The standard InChI is InChI=1S/C14H10BrFNOS/c15-10-6-5-9(11(16)8-10)7-14-17(18)12-3-1-2-4-13(12)19-14/h1-6,8,14H,7H2/q+1.